The van der Waals surface area contributed by atoms with Crippen LogP contribution >= 0.6 is 0 Å². The Morgan fingerprint density at radius 3 is 1.37 bits per heavy atom. The second kappa shape index (κ2) is 11.5. The van der Waals surface area contributed by atoms with Crippen LogP contribution in [0.5, 0.6) is 0 Å². The number of benzene rings is 4. The lowest BCUT2D eigenvalue weighted by Crippen LogP contribution is -2.01. The quantitative estimate of drug-likeness (QED) is 0.206. The molecule has 0 aliphatic heterocycles. The molecule has 0 amide bonds. The van der Waals surface area contributed by atoms with Gasteiger partial charge in [0.15, 0.2) is 23.3 Å². The molecule has 0 unspecified atom stereocenters. The third-order valence-electron chi connectivity index (χ3n) is 7.07. The Morgan fingerprint density at radius 1 is 0.349 bits per heavy atom. The molecule has 7 rings (SSSR count). The predicted molar refractivity (Wildman–Crippen MR) is 171 cm³/mol. The molecule has 0 aliphatic carbocycles. The van der Waals surface area contributed by atoms with E-state index in [0.29, 0.717) is 23.3 Å². The van der Waals surface area contributed by atoms with Crippen LogP contribution in [0.3, 0.4) is 0 Å². The summed E-state index contributed by atoms with van der Waals surface area (Å²) in [4.78, 5) is 28.8. The molecule has 0 radical (unpaired) electrons. The van der Waals surface area contributed by atoms with E-state index < -0.39 is 0 Å². The van der Waals surface area contributed by atoms with Crippen LogP contribution in [0, 0.1) is 6.92 Å². The van der Waals surface area contributed by atoms with Crippen molar-refractivity contribution in [3.05, 3.63) is 145 Å². The van der Waals surface area contributed by atoms with Crippen LogP contribution in [0.1, 0.15) is 5.69 Å². The summed E-state index contributed by atoms with van der Waals surface area (Å²) in [6, 6.07) is 42.5. The van der Waals surface area contributed by atoms with E-state index in [1.54, 1.807) is 12.4 Å². The summed E-state index contributed by atoms with van der Waals surface area (Å²) in [5.41, 5.74) is 8.43. The van der Waals surface area contributed by atoms with Crippen molar-refractivity contribution in [1.82, 2.24) is 29.9 Å². The zero-order valence-electron chi connectivity index (χ0n) is 23.5. The minimum atomic E-state index is 0.558. The van der Waals surface area contributed by atoms with Crippen molar-refractivity contribution in [2.75, 3.05) is 0 Å². The highest BCUT2D eigenvalue weighted by Gasteiger charge is 2.16. The summed E-state index contributed by atoms with van der Waals surface area (Å²) in [6.07, 6.45) is 3.49. The number of pyridine rings is 1. The lowest BCUT2D eigenvalue weighted by Gasteiger charge is -2.12. The zero-order chi connectivity index (χ0) is 29.0. The van der Waals surface area contributed by atoms with Gasteiger partial charge >= 0.3 is 0 Å². The molecular weight excluding hydrogens is 528 g/mol. The lowest BCUT2D eigenvalue weighted by molar-refractivity contribution is 1.07. The number of hydrogen-bond acceptors (Lipinski definition) is 6. The predicted octanol–water partition coefficient (Wildman–Crippen LogP) is 8.37. The van der Waals surface area contributed by atoms with Crippen LogP contribution in [-0.4, -0.2) is 29.9 Å². The molecule has 0 N–H and O–H groups in total. The van der Waals surface area contributed by atoms with Gasteiger partial charge in [0.25, 0.3) is 0 Å². The van der Waals surface area contributed by atoms with Crippen molar-refractivity contribution in [2.45, 2.75) is 6.92 Å². The van der Waals surface area contributed by atoms with Gasteiger partial charge in [-0.2, -0.15) is 0 Å². The first kappa shape index (κ1) is 26.0. The van der Waals surface area contributed by atoms with E-state index in [2.05, 4.69) is 46.4 Å². The molecule has 0 aliphatic rings. The van der Waals surface area contributed by atoms with Crippen LogP contribution < -0.4 is 0 Å². The van der Waals surface area contributed by atoms with Crippen molar-refractivity contribution in [2.24, 2.45) is 0 Å². The highest BCUT2D eigenvalue weighted by Crippen LogP contribution is 2.33. The van der Waals surface area contributed by atoms with E-state index in [1.165, 1.54) is 0 Å². The van der Waals surface area contributed by atoms with Gasteiger partial charge in [-0.25, -0.2) is 24.9 Å². The van der Waals surface area contributed by atoms with E-state index in [0.717, 1.165) is 50.3 Å². The second-order valence-corrected chi connectivity index (χ2v) is 10.2. The van der Waals surface area contributed by atoms with Crippen LogP contribution in [0.25, 0.3) is 67.9 Å². The number of hydrogen-bond donors (Lipinski definition) is 0. The van der Waals surface area contributed by atoms with E-state index in [4.69, 9.17) is 19.9 Å². The Hall–Kier alpha value is -5.88. The van der Waals surface area contributed by atoms with E-state index in [9.17, 15) is 0 Å². The van der Waals surface area contributed by atoms with E-state index >= 15 is 0 Å². The fraction of sp³-hybridized carbons (Fsp3) is 0.0270. The average molecular weight is 555 g/mol. The largest absolute Gasteiger partial charge is 0.253 e. The van der Waals surface area contributed by atoms with Gasteiger partial charge in [0.1, 0.15) is 0 Å². The van der Waals surface area contributed by atoms with Crippen molar-refractivity contribution in [1.29, 1.82) is 0 Å². The maximum atomic E-state index is 4.97. The summed E-state index contributed by atoms with van der Waals surface area (Å²) in [5, 5.41) is 0. The Kier molecular flexibility index (Phi) is 6.99. The molecule has 0 fully saturated rings. The zero-order valence-corrected chi connectivity index (χ0v) is 23.5. The van der Waals surface area contributed by atoms with Gasteiger partial charge in [-0.3, -0.25) is 4.98 Å². The van der Waals surface area contributed by atoms with E-state index in [-0.39, 0.29) is 0 Å². The van der Waals surface area contributed by atoms with Crippen LogP contribution in [-0.2, 0) is 0 Å². The number of aryl methyl sites for hydroxylation is 1. The molecule has 0 saturated carbocycles. The van der Waals surface area contributed by atoms with Crippen molar-refractivity contribution >= 4 is 0 Å². The SMILES string of the molecule is Cc1cc(-c2ccccc2)cc(-c2cc(-c3ncccn3)cc(-c3nc(-c4ccccc4)nc(-c4ccccc4)n3)c2)n1. The van der Waals surface area contributed by atoms with Gasteiger partial charge in [0.2, 0.25) is 0 Å². The summed E-state index contributed by atoms with van der Waals surface area (Å²) in [7, 11) is 0. The van der Waals surface area contributed by atoms with Gasteiger partial charge in [-0.1, -0.05) is 91.0 Å². The first-order valence-electron chi connectivity index (χ1n) is 14.0. The Labute approximate surface area is 249 Å². The molecular formula is C37H26N6. The Balaban J connectivity index is 1.45. The normalized spacial score (nSPS) is 10.9. The topological polar surface area (TPSA) is 77.3 Å². The molecule has 204 valence electrons. The van der Waals surface area contributed by atoms with Gasteiger partial charge in [0.05, 0.1) is 5.69 Å². The van der Waals surface area contributed by atoms with Crippen molar-refractivity contribution < 1.29 is 0 Å². The van der Waals surface area contributed by atoms with Crippen molar-refractivity contribution in [3.8, 4) is 67.9 Å². The van der Waals surface area contributed by atoms with Gasteiger partial charge < -0.3 is 0 Å². The number of rotatable bonds is 6. The van der Waals surface area contributed by atoms with Crippen LogP contribution in [0.15, 0.2) is 140 Å². The summed E-state index contributed by atoms with van der Waals surface area (Å²) >= 11 is 0. The number of aromatic nitrogens is 6. The average Bonchev–Trinajstić information content (AvgIpc) is 3.09. The van der Waals surface area contributed by atoms with Gasteiger partial charge in [0, 0.05) is 45.9 Å². The van der Waals surface area contributed by atoms with Gasteiger partial charge in [-0.15, -0.1) is 0 Å². The smallest absolute Gasteiger partial charge is 0.164 e. The maximum Gasteiger partial charge on any atom is 0.164 e. The van der Waals surface area contributed by atoms with Crippen LogP contribution in [0.2, 0.25) is 0 Å². The lowest BCUT2D eigenvalue weighted by atomic mass is 9.98. The molecule has 43 heavy (non-hydrogen) atoms. The molecule has 3 aromatic heterocycles. The van der Waals surface area contributed by atoms with Crippen molar-refractivity contribution in [3.63, 3.8) is 0 Å². The van der Waals surface area contributed by atoms with E-state index in [1.807, 2.05) is 97.9 Å². The standard InChI is InChI=1S/C37H26N6/c1-25-20-29(26-12-5-2-6-13-26)24-33(40-25)30-21-31(34-38-18-11-19-39-34)23-32(22-30)37-42-35(27-14-7-3-8-15-27)41-36(43-37)28-16-9-4-10-17-28/h2-24H,1H3. The molecule has 6 heteroatoms. The second-order valence-electron chi connectivity index (χ2n) is 10.2. The molecule has 0 spiro atoms. The third-order valence-corrected chi connectivity index (χ3v) is 7.07. The first-order chi connectivity index (χ1) is 21.2. The summed E-state index contributed by atoms with van der Waals surface area (Å²) < 4.78 is 0. The molecule has 7 aromatic rings. The van der Waals surface area contributed by atoms with Crippen LogP contribution in [0.4, 0.5) is 0 Å². The molecule has 0 atom stereocenters. The minimum Gasteiger partial charge on any atom is -0.253 e. The summed E-state index contributed by atoms with van der Waals surface area (Å²) in [5.74, 6) is 2.38. The maximum absolute atomic E-state index is 4.97. The monoisotopic (exact) mass is 554 g/mol. The molecule has 3 heterocycles. The summed E-state index contributed by atoms with van der Waals surface area (Å²) in [6.45, 7) is 2.02. The highest BCUT2D eigenvalue weighted by atomic mass is 15.0. The highest BCUT2D eigenvalue weighted by molar-refractivity contribution is 5.79. The fourth-order valence-electron chi connectivity index (χ4n) is 5.03. The molecule has 0 bridgehead atoms. The van der Waals surface area contributed by atoms with Gasteiger partial charge in [-0.05, 0) is 54.4 Å². The molecule has 0 saturated heterocycles. The minimum absolute atomic E-state index is 0.558. The fourth-order valence-corrected chi connectivity index (χ4v) is 5.03. The Bertz CT molecular complexity index is 1950. The third kappa shape index (κ3) is 5.67. The molecule has 6 nitrogen and oxygen atoms in total. The number of nitrogens with zero attached hydrogens (tertiary/aromatic N) is 6. The first-order valence-corrected chi connectivity index (χ1v) is 14.0. The molecule has 4 aromatic carbocycles. The Morgan fingerprint density at radius 2 is 0.814 bits per heavy atom.